The van der Waals surface area contributed by atoms with E-state index in [4.69, 9.17) is 14.6 Å². The summed E-state index contributed by atoms with van der Waals surface area (Å²) < 4.78 is 10.2. The maximum Gasteiger partial charge on any atom is 0.317 e. The quantitative estimate of drug-likeness (QED) is 0.294. The SMILES string of the molecule is C=CCOCC(O)CN(CC(=O)O)CC(O)COCC=C. The molecule has 0 rings (SSSR count). The van der Waals surface area contributed by atoms with Crippen LogP contribution in [0.5, 0.6) is 0 Å². The first-order chi connectivity index (χ1) is 9.99. The summed E-state index contributed by atoms with van der Waals surface area (Å²) in [5.74, 6) is -1.03. The summed E-state index contributed by atoms with van der Waals surface area (Å²) in [6, 6.07) is 0. The van der Waals surface area contributed by atoms with E-state index in [1.54, 1.807) is 12.2 Å². The predicted molar refractivity (Wildman–Crippen MR) is 78.1 cm³/mol. The van der Waals surface area contributed by atoms with Crippen LogP contribution in [0.1, 0.15) is 0 Å². The maximum absolute atomic E-state index is 10.8. The Morgan fingerprint density at radius 2 is 1.48 bits per heavy atom. The van der Waals surface area contributed by atoms with Gasteiger partial charge in [-0.3, -0.25) is 9.69 Å². The third-order valence-electron chi connectivity index (χ3n) is 2.39. The normalized spacial score (nSPS) is 13.9. The van der Waals surface area contributed by atoms with Gasteiger partial charge < -0.3 is 24.8 Å². The fourth-order valence-electron chi connectivity index (χ4n) is 1.67. The first-order valence-electron chi connectivity index (χ1n) is 6.67. The molecule has 0 aliphatic heterocycles. The standard InChI is InChI=1S/C14H25NO6/c1-3-5-20-10-12(16)7-15(9-14(18)19)8-13(17)11-21-6-4-2/h3-4,12-13,16-17H,1-2,5-11H2,(H,18,19). The average molecular weight is 303 g/mol. The molecule has 0 aliphatic carbocycles. The van der Waals surface area contributed by atoms with Crippen LogP contribution in [-0.2, 0) is 14.3 Å². The molecule has 3 N–H and O–H groups in total. The van der Waals surface area contributed by atoms with Gasteiger partial charge in [-0.1, -0.05) is 12.2 Å². The number of aliphatic hydroxyl groups excluding tert-OH is 2. The van der Waals surface area contributed by atoms with Crippen molar-refractivity contribution < 1.29 is 29.6 Å². The Bertz CT molecular complexity index is 288. The molecule has 0 aliphatic rings. The van der Waals surface area contributed by atoms with Gasteiger partial charge in [0.05, 0.1) is 45.2 Å². The fourth-order valence-corrected chi connectivity index (χ4v) is 1.67. The number of ether oxygens (including phenoxy) is 2. The molecule has 0 heterocycles. The molecule has 0 spiro atoms. The Labute approximate surface area is 125 Å². The van der Waals surface area contributed by atoms with Crippen LogP contribution in [0.25, 0.3) is 0 Å². The van der Waals surface area contributed by atoms with E-state index in [2.05, 4.69) is 13.2 Å². The van der Waals surface area contributed by atoms with Gasteiger partial charge in [-0.2, -0.15) is 0 Å². The van der Waals surface area contributed by atoms with E-state index in [-0.39, 0.29) is 32.8 Å². The minimum Gasteiger partial charge on any atom is -0.480 e. The smallest absolute Gasteiger partial charge is 0.317 e. The van der Waals surface area contributed by atoms with E-state index in [0.717, 1.165) is 0 Å². The molecule has 2 unspecified atom stereocenters. The summed E-state index contributed by atoms with van der Waals surface area (Å²) in [5, 5.41) is 28.4. The van der Waals surface area contributed by atoms with E-state index in [1.165, 1.54) is 4.90 Å². The van der Waals surface area contributed by atoms with Gasteiger partial charge in [-0.25, -0.2) is 0 Å². The fraction of sp³-hybridized carbons (Fsp3) is 0.643. The zero-order valence-corrected chi connectivity index (χ0v) is 12.2. The average Bonchev–Trinajstić information content (AvgIpc) is 2.38. The lowest BCUT2D eigenvalue weighted by Gasteiger charge is -2.25. The first kappa shape index (κ1) is 19.8. The minimum absolute atomic E-state index is 0.0746. The third kappa shape index (κ3) is 12.2. The van der Waals surface area contributed by atoms with E-state index in [9.17, 15) is 15.0 Å². The first-order valence-corrected chi connectivity index (χ1v) is 6.67. The molecule has 0 amide bonds. The third-order valence-corrected chi connectivity index (χ3v) is 2.39. The maximum atomic E-state index is 10.8. The number of aliphatic carboxylic acids is 1. The summed E-state index contributed by atoms with van der Waals surface area (Å²) >= 11 is 0. The van der Waals surface area contributed by atoms with E-state index < -0.39 is 18.2 Å². The Hall–Kier alpha value is -1.25. The van der Waals surface area contributed by atoms with Crippen molar-refractivity contribution >= 4 is 5.97 Å². The number of nitrogens with zero attached hydrogens (tertiary/aromatic N) is 1. The Balaban J connectivity index is 4.19. The van der Waals surface area contributed by atoms with Crippen LogP contribution < -0.4 is 0 Å². The van der Waals surface area contributed by atoms with Gasteiger partial charge >= 0.3 is 5.97 Å². The molecule has 7 heteroatoms. The van der Waals surface area contributed by atoms with Gasteiger partial charge in [-0.15, -0.1) is 13.2 Å². The Morgan fingerprint density at radius 3 is 1.81 bits per heavy atom. The summed E-state index contributed by atoms with van der Waals surface area (Å²) in [6.07, 6.45) is 1.43. The lowest BCUT2D eigenvalue weighted by atomic mass is 10.3. The molecule has 0 aromatic rings. The minimum atomic E-state index is -1.03. The summed E-state index contributed by atoms with van der Waals surface area (Å²) in [6.45, 7) is 7.63. The van der Waals surface area contributed by atoms with Crippen molar-refractivity contribution in [1.82, 2.24) is 4.90 Å². The summed E-state index contributed by atoms with van der Waals surface area (Å²) in [4.78, 5) is 12.2. The van der Waals surface area contributed by atoms with Gasteiger partial charge in [-0.05, 0) is 0 Å². The molecular weight excluding hydrogens is 278 g/mol. The van der Waals surface area contributed by atoms with Crippen LogP contribution in [0.4, 0.5) is 0 Å². The molecule has 122 valence electrons. The number of hydrogen-bond donors (Lipinski definition) is 3. The molecule has 0 saturated carbocycles. The molecule has 0 radical (unpaired) electrons. The highest BCUT2D eigenvalue weighted by Gasteiger charge is 2.18. The van der Waals surface area contributed by atoms with Crippen LogP contribution in [0, 0.1) is 0 Å². The number of carbonyl (C=O) groups is 1. The van der Waals surface area contributed by atoms with Crippen molar-refractivity contribution in [1.29, 1.82) is 0 Å². The van der Waals surface area contributed by atoms with Crippen LogP contribution in [0.3, 0.4) is 0 Å². The van der Waals surface area contributed by atoms with Gasteiger partial charge in [0.1, 0.15) is 0 Å². The van der Waals surface area contributed by atoms with E-state index >= 15 is 0 Å². The monoisotopic (exact) mass is 303 g/mol. The lowest BCUT2D eigenvalue weighted by molar-refractivity contribution is -0.139. The number of carboxylic acid groups (broad SMARTS) is 1. The van der Waals surface area contributed by atoms with Crippen LogP contribution in [0.15, 0.2) is 25.3 Å². The predicted octanol–water partition coefficient (Wildman–Crippen LogP) is -0.500. The van der Waals surface area contributed by atoms with Crippen molar-refractivity contribution in [3.63, 3.8) is 0 Å². The number of aliphatic hydroxyl groups is 2. The molecule has 0 aromatic carbocycles. The molecular formula is C14H25NO6. The Morgan fingerprint density at radius 1 is 1.05 bits per heavy atom. The molecule has 21 heavy (non-hydrogen) atoms. The number of rotatable bonds is 14. The number of carboxylic acids is 1. The zero-order valence-electron chi connectivity index (χ0n) is 12.2. The highest BCUT2D eigenvalue weighted by atomic mass is 16.5. The largest absolute Gasteiger partial charge is 0.480 e. The zero-order chi connectivity index (χ0) is 16.1. The van der Waals surface area contributed by atoms with Gasteiger partial charge in [0.15, 0.2) is 0 Å². The summed E-state index contributed by atoms with van der Waals surface area (Å²) in [7, 11) is 0. The Kier molecular flexibility index (Phi) is 11.7. The van der Waals surface area contributed by atoms with Gasteiger partial charge in [0.2, 0.25) is 0 Å². The summed E-state index contributed by atoms with van der Waals surface area (Å²) in [5.41, 5.74) is 0. The van der Waals surface area contributed by atoms with Crippen molar-refractivity contribution in [2.75, 3.05) is 46.1 Å². The second kappa shape index (κ2) is 12.5. The highest BCUT2D eigenvalue weighted by Crippen LogP contribution is 1.98. The molecule has 7 nitrogen and oxygen atoms in total. The van der Waals surface area contributed by atoms with Gasteiger partial charge in [0, 0.05) is 13.1 Å². The van der Waals surface area contributed by atoms with Gasteiger partial charge in [0.25, 0.3) is 0 Å². The van der Waals surface area contributed by atoms with Crippen LogP contribution in [-0.4, -0.2) is 84.5 Å². The lowest BCUT2D eigenvalue weighted by Crippen LogP contribution is -2.43. The van der Waals surface area contributed by atoms with E-state index in [1.807, 2.05) is 0 Å². The number of hydrogen-bond acceptors (Lipinski definition) is 6. The van der Waals surface area contributed by atoms with Crippen molar-refractivity contribution in [2.45, 2.75) is 12.2 Å². The molecule has 2 atom stereocenters. The second-order valence-electron chi connectivity index (χ2n) is 4.55. The second-order valence-corrected chi connectivity index (χ2v) is 4.55. The van der Waals surface area contributed by atoms with Crippen LogP contribution >= 0.6 is 0 Å². The highest BCUT2D eigenvalue weighted by molar-refractivity contribution is 5.69. The molecule has 0 aromatic heterocycles. The molecule has 0 saturated heterocycles. The van der Waals surface area contributed by atoms with E-state index in [0.29, 0.717) is 13.2 Å². The molecule has 0 fully saturated rings. The van der Waals surface area contributed by atoms with Crippen molar-refractivity contribution in [3.8, 4) is 0 Å². The van der Waals surface area contributed by atoms with Crippen LogP contribution in [0.2, 0.25) is 0 Å². The van der Waals surface area contributed by atoms with Crippen molar-refractivity contribution in [2.24, 2.45) is 0 Å². The van der Waals surface area contributed by atoms with Crippen molar-refractivity contribution in [3.05, 3.63) is 25.3 Å². The molecule has 0 bridgehead atoms. The topological polar surface area (TPSA) is 99.5 Å².